The molecule has 4 rings (SSSR count). The number of anilines is 1. The molecule has 0 radical (unpaired) electrons. The first kappa shape index (κ1) is 25.2. The minimum absolute atomic E-state index is 0.0119. The monoisotopic (exact) mass is 526 g/mol. The summed E-state index contributed by atoms with van der Waals surface area (Å²) in [5.41, 5.74) is 0.0930. The van der Waals surface area contributed by atoms with Crippen molar-refractivity contribution >= 4 is 26.7 Å². The summed E-state index contributed by atoms with van der Waals surface area (Å²) in [7, 11) is -2.77. The molecule has 0 unspecified atom stereocenters. The van der Waals surface area contributed by atoms with Crippen LogP contribution in [-0.4, -0.2) is 32.0 Å². The highest BCUT2D eigenvalue weighted by atomic mass is 32.2. The Balaban J connectivity index is 1.80. The second-order valence-corrected chi connectivity index (χ2v) is 9.68. The van der Waals surface area contributed by atoms with E-state index in [1.165, 1.54) is 54.3 Å². The first-order valence-corrected chi connectivity index (χ1v) is 11.9. The van der Waals surface area contributed by atoms with Gasteiger partial charge in [-0.2, -0.15) is 13.2 Å². The van der Waals surface area contributed by atoms with Gasteiger partial charge >= 0.3 is 12.1 Å². The fourth-order valence-corrected chi connectivity index (χ4v) is 4.67. The molecule has 0 saturated heterocycles. The number of fused-ring (bicyclic) bond motifs is 1. The highest BCUT2D eigenvalue weighted by Crippen LogP contribution is 2.33. The molecule has 8 nitrogen and oxygen atoms in total. The highest BCUT2D eigenvalue weighted by Gasteiger charge is 2.37. The molecule has 0 aliphatic rings. The number of nitrogens with zero attached hydrogens (tertiary/aromatic N) is 2. The normalized spacial score (nSPS) is 13.1. The Morgan fingerprint density at radius 3 is 2.56 bits per heavy atom. The Labute approximate surface area is 202 Å². The van der Waals surface area contributed by atoms with Crippen molar-refractivity contribution in [1.82, 2.24) is 5.16 Å². The van der Waals surface area contributed by atoms with Gasteiger partial charge in [0.1, 0.15) is 12.1 Å². The Bertz CT molecular complexity index is 1520. The van der Waals surface area contributed by atoms with Crippen molar-refractivity contribution in [3.05, 3.63) is 66.2 Å². The molecule has 36 heavy (non-hydrogen) atoms. The Hall–Kier alpha value is -3.87. The maximum atomic E-state index is 14.9. The predicted molar refractivity (Wildman–Crippen MR) is 120 cm³/mol. The van der Waals surface area contributed by atoms with E-state index in [1.54, 1.807) is 0 Å². The number of ether oxygens (including phenoxy) is 1. The molecule has 4 aromatic rings. The van der Waals surface area contributed by atoms with Gasteiger partial charge in [-0.1, -0.05) is 12.1 Å². The van der Waals surface area contributed by atoms with Gasteiger partial charge in [0.15, 0.2) is 11.6 Å². The topological polar surface area (TPSA) is 106 Å². The molecule has 1 atom stereocenters. The lowest BCUT2D eigenvalue weighted by atomic mass is 9.99. The van der Waals surface area contributed by atoms with Crippen LogP contribution in [-0.2, 0) is 16.4 Å². The minimum Gasteiger partial charge on any atom is -0.490 e. The fourth-order valence-electron chi connectivity index (χ4n) is 3.64. The Kier molecular flexibility index (Phi) is 6.52. The molecular weight excluding hydrogens is 506 g/mol. The van der Waals surface area contributed by atoms with Gasteiger partial charge in [0.05, 0.1) is 30.1 Å². The fraction of sp³-hybridized carbons (Fsp3) is 0.217. The average molecular weight is 526 g/mol. The smallest absolute Gasteiger partial charge is 0.391 e. The molecular formula is C23H20F4N3O5S+. The van der Waals surface area contributed by atoms with E-state index in [9.17, 15) is 31.1 Å². The number of hydrogen-bond donors (Lipinski definition) is 2. The zero-order valence-corrected chi connectivity index (χ0v) is 19.7. The molecule has 0 aliphatic heterocycles. The number of halogens is 4. The quantitative estimate of drug-likeness (QED) is 0.271. The average Bonchev–Trinajstić information content (AvgIpc) is 3.31. The maximum Gasteiger partial charge on any atom is 0.391 e. The van der Waals surface area contributed by atoms with Crippen LogP contribution in [0.2, 0.25) is 0 Å². The van der Waals surface area contributed by atoms with E-state index in [2.05, 4.69) is 14.4 Å². The molecule has 0 spiro atoms. The van der Waals surface area contributed by atoms with E-state index in [1.807, 2.05) is 0 Å². The maximum absolute atomic E-state index is 14.9. The number of aromatic hydroxyl groups is 1. The lowest BCUT2D eigenvalue weighted by molar-refractivity contribution is -0.576. The van der Waals surface area contributed by atoms with Crippen molar-refractivity contribution in [2.45, 2.75) is 24.4 Å². The third-order valence-corrected chi connectivity index (χ3v) is 6.89. The van der Waals surface area contributed by atoms with Crippen LogP contribution < -0.4 is 14.0 Å². The second kappa shape index (κ2) is 9.30. The largest absolute Gasteiger partial charge is 0.490 e. The summed E-state index contributed by atoms with van der Waals surface area (Å²) in [6.07, 6.45) is -3.90. The summed E-state index contributed by atoms with van der Waals surface area (Å²) >= 11 is 0. The van der Waals surface area contributed by atoms with Gasteiger partial charge in [-0.3, -0.25) is 4.72 Å². The minimum atomic E-state index is -4.50. The van der Waals surface area contributed by atoms with Gasteiger partial charge in [0.25, 0.3) is 15.7 Å². The van der Waals surface area contributed by atoms with E-state index in [0.29, 0.717) is 5.39 Å². The molecule has 0 amide bonds. The number of hydrogen-bond acceptors (Lipinski definition) is 6. The number of methoxy groups -OCH3 is 1. The molecule has 0 bridgehead atoms. The number of aromatic nitrogens is 2. The van der Waals surface area contributed by atoms with Crippen molar-refractivity contribution in [3.63, 3.8) is 0 Å². The van der Waals surface area contributed by atoms with Gasteiger partial charge in [-0.25, -0.2) is 12.8 Å². The lowest BCUT2D eigenvalue weighted by Crippen LogP contribution is -2.33. The lowest BCUT2D eigenvalue weighted by Gasteiger charge is -2.16. The van der Waals surface area contributed by atoms with Crippen LogP contribution in [0.1, 0.15) is 12.5 Å². The molecule has 0 saturated carbocycles. The number of benzene rings is 2. The van der Waals surface area contributed by atoms with Gasteiger partial charge in [-0.05, 0) is 36.2 Å². The SMILES string of the molecule is COc1cc(C[C@H](C)C(F)(F)F)c(F)cc1-[n+]1c(O)ccc2cc(S(=O)(=O)Nc3ccon3)ccc21. The third-order valence-electron chi connectivity index (χ3n) is 5.54. The van der Waals surface area contributed by atoms with Crippen molar-refractivity contribution in [2.24, 2.45) is 5.92 Å². The zero-order valence-electron chi connectivity index (χ0n) is 18.9. The van der Waals surface area contributed by atoms with Gasteiger partial charge in [-0.15, -0.1) is 4.57 Å². The molecule has 13 heteroatoms. The molecule has 2 aromatic heterocycles. The van der Waals surface area contributed by atoms with Crippen molar-refractivity contribution < 1.29 is 44.9 Å². The predicted octanol–water partition coefficient (Wildman–Crippen LogP) is 4.50. The van der Waals surface area contributed by atoms with E-state index in [0.717, 1.165) is 19.1 Å². The van der Waals surface area contributed by atoms with Gasteiger partial charge in [0, 0.05) is 17.5 Å². The number of pyridine rings is 1. The van der Waals surface area contributed by atoms with E-state index in [4.69, 9.17) is 4.74 Å². The van der Waals surface area contributed by atoms with Crippen LogP contribution in [0.25, 0.3) is 16.6 Å². The first-order chi connectivity index (χ1) is 16.9. The molecule has 2 N–H and O–H groups in total. The molecule has 2 heterocycles. The number of nitrogens with one attached hydrogen (secondary N) is 1. The van der Waals surface area contributed by atoms with Crippen LogP contribution in [0.3, 0.4) is 0 Å². The summed E-state index contributed by atoms with van der Waals surface area (Å²) in [6, 6.07) is 10.2. The standard InChI is InChI=1S/C23H19F4N3O5S/c1-13(23(25,26)27)9-15-11-20(34-2)19(12-17(15)24)30-18-5-4-16(10-14(18)3-6-22(30)31)36(32,33)29-21-7-8-35-28-21/h3-8,10-13H,9H2,1-2H3,(H,28,29)/p+1/t13-/m0/s1. The second-order valence-electron chi connectivity index (χ2n) is 8.00. The Morgan fingerprint density at radius 1 is 1.17 bits per heavy atom. The van der Waals surface area contributed by atoms with Crippen molar-refractivity contribution in [3.8, 4) is 17.3 Å². The number of alkyl halides is 3. The van der Waals surface area contributed by atoms with Gasteiger partial charge < -0.3 is 14.4 Å². The highest BCUT2D eigenvalue weighted by molar-refractivity contribution is 7.92. The van der Waals surface area contributed by atoms with Crippen LogP contribution >= 0.6 is 0 Å². The Morgan fingerprint density at radius 2 is 1.92 bits per heavy atom. The molecule has 0 fully saturated rings. The summed E-state index contributed by atoms with van der Waals surface area (Å²) in [6.45, 7) is 0.953. The number of sulfonamides is 1. The van der Waals surface area contributed by atoms with E-state index >= 15 is 0 Å². The van der Waals surface area contributed by atoms with Gasteiger partial charge in [0.2, 0.25) is 5.52 Å². The molecule has 0 aliphatic carbocycles. The van der Waals surface area contributed by atoms with Crippen molar-refractivity contribution in [1.29, 1.82) is 0 Å². The van der Waals surface area contributed by atoms with Crippen molar-refractivity contribution in [2.75, 3.05) is 11.8 Å². The summed E-state index contributed by atoms with van der Waals surface area (Å²) in [5.74, 6) is -3.05. The summed E-state index contributed by atoms with van der Waals surface area (Å²) < 4.78 is 92.7. The first-order valence-electron chi connectivity index (χ1n) is 10.4. The van der Waals surface area contributed by atoms with Crippen LogP contribution in [0.15, 0.2) is 64.2 Å². The van der Waals surface area contributed by atoms with Crippen LogP contribution in [0.5, 0.6) is 11.6 Å². The molecule has 2 aromatic carbocycles. The molecule has 190 valence electrons. The van der Waals surface area contributed by atoms with E-state index in [-0.39, 0.29) is 39.1 Å². The summed E-state index contributed by atoms with van der Waals surface area (Å²) in [4.78, 5) is -0.120. The van der Waals surface area contributed by atoms with Crippen LogP contribution in [0.4, 0.5) is 23.4 Å². The third kappa shape index (κ3) is 4.91. The van der Waals surface area contributed by atoms with Crippen LogP contribution in [0, 0.1) is 11.7 Å². The number of rotatable bonds is 7. The zero-order chi connectivity index (χ0) is 26.3. The summed E-state index contributed by atoms with van der Waals surface area (Å²) in [5, 5.41) is 14.4. The van der Waals surface area contributed by atoms with E-state index < -0.39 is 34.4 Å².